The summed E-state index contributed by atoms with van der Waals surface area (Å²) in [6.45, 7) is 5.65. The molecule has 7 heteroatoms. The number of hydrogen-bond acceptors (Lipinski definition) is 3. The Labute approximate surface area is 125 Å². The fourth-order valence-corrected chi connectivity index (χ4v) is 3.46. The molecule has 0 fully saturated rings. The first-order valence-corrected chi connectivity index (χ1v) is 8.86. The minimum Gasteiger partial charge on any atom is -0.348 e. The van der Waals surface area contributed by atoms with E-state index in [0.29, 0.717) is 19.6 Å². The molecule has 21 heavy (non-hydrogen) atoms. The first-order chi connectivity index (χ1) is 9.86. The molecule has 0 N–H and O–H groups in total. The molecule has 0 amide bonds. The van der Waals surface area contributed by atoms with Gasteiger partial charge in [0, 0.05) is 30.5 Å². The molecule has 0 radical (unpaired) electrons. The molecule has 0 saturated carbocycles. The van der Waals surface area contributed by atoms with Crippen molar-refractivity contribution < 1.29 is 8.42 Å². The Balaban J connectivity index is 1.99. The van der Waals surface area contributed by atoms with E-state index in [0.717, 1.165) is 17.0 Å². The van der Waals surface area contributed by atoms with Gasteiger partial charge >= 0.3 is 0 Å². The zero-order chi connectivity index (χ0) is 15.2. The van der Waals surface area contributed by atoms with Gasteiger partial charge < -0.3 is 4.57 Å². The molecule has 0 aromatic carbocycles. The van der Waals surface area contributed by atoms with Crippen molar-refractivity contribution in [1.29, 1.82) is 0 Å². The molecule has 0 atom stereocenters. The van der Waals surface area contributed by atoms with E-state index in [-0.39, 0.29) is 6.04 Å². The highest BCUT2D eigenvalue weighted by Gasteiger charge is 2.32. The third-order valence-electron chi connectivity index (χ3n) is 3.82. The largest absolute Gasteiger partial charge is 0.348 e. The maximum absolute atomic E-state index is 11.8. The first-order valence-electron chi connectivity index (χ1n) is 7.01. The summed E-state index contributed by atoms with van der Waals surface area (Å²) >= 11 is 0. The van der Waals surface area contributed by atoms with Gasteiger partial charge in [-0.2, -0.15) is 9.40 Å². The van der Waals surface area contributed by atoms with Gasteiger partial charge in [0.25, 0.3) is 0 Å². The van der Waals surface area contributed by atoms with Crippen molar-refractivity contribution in [2.24, 2.45) is 0 Å². The number of rotatable bonds is 4. The van der Waals surface area contributed by atoms with Gasteiger partial charge in [0.1, 0.15) is 0 Å². The van der Waals surface area contributed by atoms with Gasteiger partial charge in [-0.15, -0.1) is 0 Å². The Kier molecular flexibility index (Phi) is 3.41. The summed E-state index contributed by atoms with van der Waals surface area (Å²) in [5, 5.41) is 4.70. The molecule has 2 aromatic rings. The van der Waals surface area contributed by atoms with Crippen molar-refractivity contribution in [3.8, 4) is 0 Å². The van der Waals surface area contributed by atoms with E-state index in [1.165, 1.54) is 10.6 Å². The van der Waals surface area contributed by atoms with Crippen LogP contribution in [0.4, 0.5) is 0 Å². The van der Waals surface area contributed by atoms with Gasteiger partial charge in [-0.05, 0) is 26.0 Å². The third kappa shape index (κ3) is 2.63. The van der Waals surface area contributed by atoms with Crippen LogP contribution in [0.15, 0.2) is 24.5 Å². The molecule has 6 nitrogen and oxygen atoms in total. The Morgan fingerprint density at radius 2 is 1.90 bits per heavy atom. The second-order valence-corrected chi connectivity index (χ2v) is 7.78. The van der Waals surface area contributed by atoms with E-state index in [4.69, 9.17) is 5.10 Å². The number of fused-ring (bicyclic) bond motifs is 1. The molecule has 0 bridgehead atoms. The summed E-state index contributed by atoms with van der Waals surface area (Å²) in [6.07, 6.45) is 5.24. The number of hydrogen-bond donors (Lipinski definition) is 0. The lowest BCUT2D eigenvalue weighted by Gasteiger charge is -2.14. The average Bonchev–Trinajstić information content (AvgIpc) is 3.05. The van der Waals surface area contributed by atoms with E-state index < -0.39 is 10.0 Å². The number of sulfonamides is 1. The molecule has 114 valence electrons. The maximum atomic E-state index is 11.8. The minimum atomic E-state index is -3.18. The Morgan fingerprint density at radius 1 is 1.24 bits per heavy atom. The van der Waals surface area contributed by atoms with Crippen LogP contribution in [-0.4, -0.2) is 33.3 Å². The van der Waals surface area contributed by atoms with E-state index in [1.807, 2.05) is 29.2 Å². The zero-order valence-corrected chi connectivity index (χ0v) is 13.3. The predicted molar refractivity (Wildman–Crippen MR) is 80.2 cm³/mol. The van der Waals surface area contributed by atoms with Crippen LogP contribution in [0.3, 0.4) is 0 Å². The summed E-state index contributed by atoms with van der Waals surface area (Å²) in [5.41, 5.74) is 3.04. The van der Waals surface area contributed by atoms with E-state index >= 15 is 0 Å². The molecule has 0 unspecified atom stereocenters. The van der Waals surface area contributed by atoms with E-state index in [1.54, 1.807) is 0 Å². The van der Waals surface area contributed by atoms with Crippen LogP contribution in [0, 0.1) is 0 Å². The molecule has 3 rings (SSSR count). The lowest BCUT2D eigenvalue weighted by atomic mass is 10.2. The van der Waals surface area contributed by atoms with Gasteiger partial charge in [-0.25, -0.2) is 8.42 Å². The van der Waals surface area contributed by atoms with Crippen LogP contribution >= 0.6 is 0 Å². The van der Waals surface area contributed by atoms with Crippen LogP contribution in [0.5, 0.6) is 0 Å². The molecule has 1 aliphatic rings. The summed E-state index contributed by atoms with van der Waals surface area (Å²) < 4.78 is 29.1. The van der Waals surface area contributed by atoms with Crippen molar-refractivity contribution in [3.63, 3.8) is 0 Å². The first kappa shape index (κ1) is 14.3. The molecular weight excluding hydrogens is 288 g/mol. The molecule has 0 aliphatic carbocycles. The predicted octanol–water partition coefficient (Wildman–Crippen LogP) is 1.59. The normalized spacial score (nSPS) is 15.8. The SMILES string of the molecule is CC(C)n1nc(Cn2cccc2)c2c1CN(S(C)(=O)=O)C2. The van der Waals surface area contributed by atoms with Gasteiger partial charge in [0.05, 0.1) is 30.7 Å². The second kappa shape index (κ2) is 4.99. The van der Waals surface area contributed by atoms with Gasteiger partial charge in [0.2, 0.25) is 10.0 Å². The van der Waals surface area contributed by atoms with Crippen molar-refractivity contribution in [2.45, 2.75) is 39.5 Å². The van der Waals surface area contributed by atoms with E-state index in [9.17, 15) is 8.42 Å². The van der Waals surface area contributed by atoms with Gasteiger partial charge in [-0.3, -0.25) is 4.68 Å². The quantitative estimate of drug-likeness (QED) is 0.862. The van der Waals surface area contributed by atoms with E-state index in [2.05, 4.69) is 18.4 Å². The fourth-order valence-electron chi connectivity index (χ4n) is 2.74. The van der Waals surface area contributed by atoms with Crippen LogP contribution in [-0.2, 0) is 29.7 Å². The second-order valence-electron chi connectivity index (χ2n) is 5.80. The summed E-state index contributed by atoms with van der Waals surface area (Å²) in [6, 6.07) is 4.17. The van der Waals surface area contributed by atoms with Crippen LogP contribution in [0.1, 0.15) is 36.8 Å². The zero-order valence-electron chi connectivity index (χ0n) is 12.5. The van der Waals surface area contributed by atoms with Crippen LogP contribution in [0.2, 0.25) is 0 Å². The van der Waals surface area contributed by atoms with Crippen molar-refractivity contribution >= 4 is 10.0 Å². The topological polar surface area (TPSA) is 60.1 Å². The van der Waals surface area contributed by atoms with Crippen LogP contribution < -0.4 is 0 Å². The fraction of sp³-hybridized carbons (Fsp3) is 0.500. The van der Waals surface area contributed by atoms with Crippen molar-refractivity contribution in [2.75, 3.05) is 6.26 Å². The lowest BCUT2D eigenvalue weighted by Crippen LogP contribution is -2.25. The average molecular weight is 308 g/mol. The molecule has 0 spiro atoms. The molecule has 0 saturated heterocycles. The third-order valence-corrected chi connectivity index (χ3v) is 5.02. The summed E-state index contributed by atoms with van der Waals surface area (Å²) in [5.74, 6) is 0. The molecule has 3 heterocycles. The maximum Gasteiger partial charge on any atom is 0.211 e. The molecular formula is C14H20N4O2S. The number of nitrogens with zero attached hydrogens (tertiary/aromatic N) is 4. The van der Waals surface area contributed by atoms with Crippen molar-refractivity contribution in [1.82, 2.24) is 18.7 Å². The Morgan fingerprint density at radius 3 is 2.48 bits per heavy atom. The van der Waals surface area contributed by atoms with Gasteiger partial charge in [0.15, 0.2) is 0 Å². The highest BCUT2D eigenvalue weighted by molar-refractivity contribution is 7.88. The Bertz CT molecular complexity index is 744. The van der Waals surface area contributed by atoms with Crippen molar-refractivity contribution in [3.05, 3.63) is 41.5 Å². The van der Waals surface area contributed by atoms with Gasteiger partial charge in [-0.1, -0.05) is 0 Å². The number of aromatic nitrogens is 3. The minimum absolute atomic E-state index is 0.219. The molecule has 1 aliphatic heterocycles. The monoisotopic (exact) mass is 308 g/mol. The molecule has 2 aromatic heterocycles. The standard InChI is InChI=1S/C14H20N4O2S/c1-11(2)18-14-10-17(21(3,19)20)8-12(14)13(15-18)9-16-6-4-5-7-16/h4-7,11H,8-10H2,1-3H3. The van der Waals surface area contributed by atoms with Crippen LogP contribution in [0.25, 0.3) is 0 Å². The Hall–Kier alpha value is -1.60. The highest BCUT2D eigenvalue weighted by atomic mass is 32.2. The lowest BCUT2D eigenvalue weighted by molar-refractivity contribution is 0.409. The summed E-state index contributed by atoms with van der Waals surface area (Å²) in [7, 11) is -3.18. The smallest absolute Gasteiger partial charge is 0.211 e. The summed E-state index contributed by atoms with van der Waals surface area (Å²) in [4.78, 5) is 0. The highest BCUT2D eigenvalue weighted by Crippen LogP contribution is 2.30.